The Morgan fingerprint density at radius 1 is 1.04 bits per heavy atom. The number of aliphatic hydroxyl groups is 3. The summed E-state index contributed by atoms with van der Waals surface area (Å²) in [6, 6.07) is 5.56. The molecule has 0 radical (unpaired) electrons. The van der Waals surface area contributed by atoms with Gasteiger partial charge in [-0.3, -0.25) is 4.79 Å². The van der Waals surface area contributed by atoms with Crippen molar-refractivity contribution in [3.05, 3.63) is 29.8 Å². The van der Waals surface area contributed by atoms with Gasteiger partial charge in [0, 0.05) is 6.92 Å². The lowest BCUT2D eigenvalue weighted by molar-refractivity contribution is -0.278. The average Bonchev–Trinajstić information content (AvgIpc) is 2.54. The first-order valence-electron chi connectivity index (χ1n) is 7.13. The molecule has 1 saturated heterocycles. The number of ether oxygens (including phenoxy) is 3. The van der Waals surface area contributed by atoms with Crippen LogP contribution in [0, 0.1) is 0 Å². The van der Waals surface area contributed by atoms with Crippen LogP contribution in [0.3, 0.4) is 0 Å². The van der Waals surface area contributed by atoms with Gasteiger partial charge in [-0.05, 0) is 12.1 Å². The third-order valence-corrected chi connectivity index (χ3v) is 3.40. The molecule has 1 aliphatic heterocycles. The molecule has 1 aromatic rings. The number of carboxylic acids is 1. The number of carbonyl (C=O) groups excluding carboxylic acids is 2. The van der Waals surface area contributed by atoms with Crippen LogP contribution >= 0.6 is 0 Å². The van der Waals surface area contributed by atoms with Crippen LogP contribution in [0.25, 0.3) is 0 Å². The van der Waals surface area contributed by atoms with Gasteiger partial charge >= 0.3 is 17.9 Å². The predicted octanol–water partition coefficient (Wildman–Crippen LogP) is -1.34. The van der Waals surface area contributed by atoms with E-state index >= 15 is 0 Å². The lowest BCUT2D eigenvalue weighted by Gasteiger charge is -2.37. The van der Waals surface area contributed by atoms with E-state index in [0.29, 0.717) is 0 Å². The van der Waals surface area contributed by atoms with Crippen LogP contribution in [0.5, 0.6) is 5.75 Å². The van der Waals surface area contributed by atoms with Crippen molar-refractivity contribution in [1.82, 2.24) is 0 Å². The van der Waals surface area contributed by atoms with E-state index < -0.39 is 48.6 Å². The maximum atomic E-state index is 12.2. The van der Waals surface area contributed by atoms with Crippen LogP contribution in [0.2, 0.25) is 0 Å². The Hall–Kier alpha value is -2.53. The molecular formula is C15H16O10. The highest BCUT2D eigenvalue weighted by molar-refractivity contribution is 5.93. The Balaban J connectivity index is 2.19. The molecule has 0 aliphatic carbocycles. The third-order valence-electron chi connectivity index (χ3n) is 3.40. The van der Waals surface area contributed by atoms with E-state index in [1.54, 1.807) is 0 Å². The van der Waals surface area contributed by atoms with Gasteiger partial charge in [-0.25, -0.2) is 9.59 Å². The first kappa shape index (κ1) is 18.8. The molecule has 1 aliphatic rings. The number of carbonyl (C=O) groups is 3. The topological polar surface area (TPSA) is 160 Å². The highest BCUT2D eigenvalue weighted by Crippen LogP contribution is 2.25. The van der Waals surface area contributed by atoms with E-state index in [2.05, 4.69) is 0 Å². The van der Waals surface area contributed by atoms with Crippen molar-refractivity contribution >= 4 is 17.9 Å². The second-order valence-corrected chi connectivity index (χ2v) is 5.23. The van der Waals surface area contributed by atoms with Gasteiger partial charge in [0.1, 0.15) is 29.6 Å². The highest BCUT2D eigenvalue weighted by Gasteiger charge is 2.48. The van der Waals surface area contributed by atoms with Gasteiger partial charge in [0.25, 0.3) is 0 Å². The zero-order chi connectivity index (χ0) is 18.7. The number of esters is 2. The second-order valence-electron chi connectivity index (χ2n) is 5.23. The molecule has 136 valence electrons. The van der Waals surface area contributed by atoms with Crippen molar-refractivity contribution < 1.29 is 49.0 Å². The highest BCUT2D eigenvalue weighted by atomic mass is 16.7. The van der Waals surface area contributed by atoms with E-state index in [-0.39, 0.29) is 11.3 Å². The first-order valence-corrected chi connectivity index (χ1v) is 7.13. The summed E-state index contributed by atoms with van der Waals surface area (Å²) in [5.41, 5.74) is -0.180. The number of para-hydroxylation sites is 1. The van der Waals surface area contributed by atoms with Gasteiger partial charge < -0.3 is 34.6 Å². The summed E-state index contributed by atoms with van der Waals surface area (Å²) < 4.78 is 14.6. The van der Waals surface area contributed by atoms with E-state index in [1.807, 2.05) is 0 Å². The number of rotatable bonds is 4. The fraction of sp³-hybridized carbons (Fsp3) is 0.400. The molecule has 0 spiro atoms. The van der Waals surface area contributed by atoms with Crippen LogP contribution in [0.15, 0.2) is 24.3 Å². The Kier molecular flexibility index (Phi) is 5.69. The van der Waals surface area contributed by atoms with Crippen molar-refractivity contribution in [1.29, 1.82) is 0 Å². The SMILES string of the molecule is CC(=O)Oc1ccccc1C(=O)OC1O[C@H](C(=O)O)[C@@H](O)[C@H](O)[C@H]1O. The predicted molar refractivity (Wildman–Crippen MR) is 77.5 cm³/mol. The van der Waals surface area contributed by atoms with E-state index in [1.165, 1.54) is 24.3 Å². The van der Waals surface area contributed by atoms with Gasteiger partial charge in [-0.15, -0.1) is 0 Å². The van der Waals surface area contributed by atoms with E-state index in [9.17, 15) is 29.7 Å². The molecule has 25 heavy (non-hydrogen) atoms. The Bertz CT molecular complexity index is 672. The normalized spacial score (nSPS) is 28.9. The fourth-order valence-electron chi connectivity index (χ4n) is 2.20. The summed E-state index contributed by atoms with van der Waals surface area (Å²) in [5, 5.41) is 38.0. The maximum Gasteiger partial charge on any atom is 0.344 e. The van der Waals surface area contributed by atoms with Crippen LogP contribution < -0.4 is 4.74 Å². The largest absolute Gasteiger partial charge is 0.479 e. The molecule has 1 aromatic carbocycles. The molecule has 10 heteroatoms. The van der Waals surface area contributed by atoms with Gasteiger partial charge in [0.15, 0.2) is 6.10 Å². The minimum atomic E-state index is -1.91. The minimum absolute atomic E-state index is 0.110. The molecule has 2 rings (SSSR count). The number of aliphatic carboxylic acids is 1. The van der Waals surface area contributed by atoms with Gasteiger partial charge in [0.05, 0.1) is 0 Å². The summed E-state index contributed by atoms with van der Waals surface area (Å²) in [5.74, 6) is -3.49. The first-order chi connectivity index (χ1) is 11.7. The number of aliphatic hydroxyl groups excluding tert-OH is 3. The quantitative estimate of drug-likeness (QED) is 0.375. The Labute approximate surface area is 141 Å². The second kappa shape index (κ2) is 7.57. The van der Waals surface area contributed by atoms with Crippen molar-refractivity contribution in [2.24, 2.45) is 0 Å². The number of hydrogen-bond acceptors (Lipinski definition) is 9. The average molecular weight is 356 g/mol. The monoisotopic (exact) mass is 356 g/mol. The van der Waals surface area contributed by atoms with E-state index in [0.717, 1.165) is 6.92 Å². The number of benzene rings is 1. The van der Waals surface area contributed by atoms with Gasteiger partial charge in [-0.2, -0.15) is 0 Å². The summed E-state index contributed by atoms with van der Waals surface area (Å²) in [6.07, 6.45) is -9.44. The molecular weight excluding hydrogens is 340 g/mol. The lowest BCUT2D eigenvalue weighted by Crippen LogP contribution is -2.60. The van der Waals surface area contributed by atoms with Crippen LogP contribution in [0.1, 0.15) is 17.3 Å². The van der Waals surface area contributed by atoms with Crippen molar-refractivity contribution in [2.75, 3.05) is 0 Å². The Morgan fingerprint density at radius 2 is 1.68 bits per heavy atom. The van der Waals surface area contributed by atoms with Gasteiger partial charge in [0.2, 0.25) is 6.29 Å². The van der Waals surface area contributed by atoms with Crippen LogP contribution in [-0.2, 0) is 19.1 Å². The van der Waals surface area contributed by atoms with Crippen LogP contribution in [0.4, 0.5) is 0 Å². The van der Waals surface area contributed by atoms with E-state index in [4.69, 9.17) is 19.3 Å². The van der Waals surface area contributed by atoms with Crippen molar-refractivity contribution in [2.45, 2.75) is 37.6 Å². The molecule has 10 nitrogen and oxygen atoms in total. The standard InChI is InChI=1S/C15H16O10/c1-6(16)23-8-5-3-2-4-7(8)14(22)25-15-11(19)9(17)10(18)12(24-15)13(20)21/h2-5,9-12,15,17-19H,1H3,(H,20,21)/t9-,10-,11+,12-,15?/m0/s1. The van der Waals surface area contributed by atoms with Crippen molar-refractivity contribution in [3.8, 4) is 5.75 Å². The molecule has 0 saturated carbocycles. The zero-order valence-electron chi connectivity index (χ0n) is 12.9. The molecule has 1 fully saturated rings. The molecule has 5 atom stereocenters. The molecule has 0 amide bonds. The summed E-state index contributed by atoms with van der Waals surface area (Å²) >= 11 is 0. The summed E-state index contributed by atoms with van der Waals surface area (Å²) in [6.45, 7) is 1.13. The zero-order valence-corrected chi connectivity index (χ0v) is 12.9. The Morgan fingerprint density at radius 3 is 2.28 bits per heavy atom. The number of carboxylic acid groups (broad SMARTS) is 1. The third kappa shape index (κ3) is 4.12. The van der Waals surface area contributed by atoms with Gasteiger partial charge in [-0.1, -0.05) is 12.1 Å². The molecule has 0 bridgehead atoms. The number of hydrogen-bond donors (Lipinski definition) is 4. The summed E-state index contributed by atoms with van der Waals surface area (Å²) in [7, 11) is 0. The molecule has 1 unspecified atom stereocenters. The lowest BCUT2D eigenvalue weighted by atomic mass is 9.99. The van der Waals surface area contributed by atoms with Crippen molar-refractivity contribution in [3.63, 3.8) is 0 Å². The summed E-state index contributed by atoms with van der Waals surface area (Å²) in [4.78, 5) is 34.3. The smallest absolute Gasteiger partial charge is 0.344 e. The molecule has 0 aromatic heterocycles. The molecule has 1 heterocycles. The maximum absolute atomic E-state index is 12.2. The van der Waals surface area contributed by atoms with Crippen LogP contribution in [-0.4, -0.2) is 69.0 Å². The fourth-order valence-corrected chi connectivity index (χ4v) is 2.20. The molecule has 4 N–H and O–H groups in total. The minimum Gasteiger partial charge on any atom is -0.479 e.